The highest BCUT2D eigenvalue weighted by atomic mass is 16.3. The predicted octanol–water partition coefficient (Wildman–Crippen LogP) is 1.46. The van der Waals surface area contributed by atoms with E-state index in [9.17, 15) is 9.90 Å². The summed E-state index contributed by atoms with van der Waals surface area (Å²) in [4.78, 5) is 11.6. The summed E-state index contributed by atoms with van der Waals surface area (Å²) in [7, 11) is 0. The smallest absolute Gasteiger partial charge is 0.225 e. The van der Waals surface area contributed by atoms with Gasteiger partial charge in [-0.3, -0.25) is 4.79 Å². The monoisotopic (exact) mass is 217 g/mol. The molecule has 0 radical (unpaired) electrons. The summed E-state index contributed by atoms with van der Waals surface area (Å²) in [5, 5.41) is 12.0. The maximum absolute atomic E-state index is 11.6. The average Bonchev–Trinajstić information content (AvgIpc) is 2.16. The molecule has 0 aliphatic heterocycles. The van der Waals surface area contributed by atoms with Crippen LogP contribution in [0.5, 0.6) is 5.75 Å². The number of phenols is 1. The molecule has 1 aromatic carbocycles. The van der Waals surface area contributed by atoms with Crippen molar-refractivity contribution in [1.29, 1.82) is 0 Å². The molecule has 3 nitrogen and oxygen atoms in total. The van der Waals surface area contributed by atoms with Gasteiger partial charge in [-0.1, -0.05) is 18.1 Å². The molecule has 0 saturated carbocycles. The van der Waals surface area contributed by atoms with Crippen molar-refractivity contribution in [1.82, 2.24) is 5.32 Å². The molecule has 0 spiro atoms. The van der Waals surface area contributed by atoms with Gasteiger partial charge in [0.2, 0.25) is 5.91 Å². The number of terminal acetylenes is 1. The van der Waals surface area contributed by atoms with Gasteiger partial charge < -0.3 is 10.4 Å². The Morgan fingerprint density at radius 1 is 1.56 bits per heavy atom. The summed E-state index contributed by atoms with van der Waals surface area (Å²) in [6.07, 6.45) is 5.48. The normalized spacial score (nSPS) is 10.6. The van der Waals surface area contributed by atoms with Gasteiger partial charge in [0, 0.05) is 0 Å². The third-order valence-corrected chi connectivity index (χ3v) is 2.09. The third-order valence-electron chi connectivity index (χ3n) is 2.09. The summed E-state index contributed by atoms with van der Waals surface area (Å²) in [6.45, 7) is 3.51. The SMILES string of the molecule is C#CC(C)(C)NC(=O)Cc1cccc(O)c1. The van der Waals surface area contributed by atoms with Crippen molar-refractivity contribution in [3.8, 4) is 18.1 Å². The Morgan fingerprint density at radius 2 is 2.25 bits per heavy atom. The highest BCUT2D eigenvalue weighted by molar-refractivity contribution is 5.79. The molecule has 0 fully saturated rings. The maximum Gasteiger partial charge on any atom is 0.225 e. The van der Waals surface area contributed by atoms with Gasteiger partial charge in [0.1, 0.15) is 5.75 Å². The van der Waals surface area contributed by atoms with E-state index < -0.39 is 5.54 Å². The standard InChI is InChI=1S/C13H15NO2/c1-4-13(2,3)14-12(16)9-10-6-5-7-11(15)8-10/h1,5-8,15H,9H2,2-3H3,(H,14,16). The summed E-state index contributed by atoms with van der Waals surface area (Å²) >= 11 is 0. The number of nitrogens with one attached hydrogen (secondary N) is 1. The molecule has 0 aliphatic carbocycles. The number of hydrogen-bond acceptors (Lipinski definition) is 2. The van der Waals surface area contributed by atoms with Gasteiger partial charge in [-0.2, -0.15) is 0 Å². The number of carbonyl (C=O) groups is 1. The first kappa shape index (κ1) is 12.1. The van der Waals surface area contributed by atoms with Crippen molar-refractivity contribution in [2.24, 2.45) is 0 Å². The first-order valence-electron chi connectivity index (χ1n) is 4.99. The van der Waals surface area contributed by atoms with E-state index in [-0.39, 0.29) is 18.1 Å². The van der Waals surface area contributed by atoms with Crippen LogP contribution in [0, 0.1) is 12.3 Å². The Morgan fingerprint density at radius 3 is 2.81 bits per heavy atom. The number of amides is 1. The van der Waals surface area contributed by atoms with Crippen LogP contribution in [0.1, 0.15) is 19.4 Å². The summed E-state index contributed by atoms with van der Waals surface area (Å²) in [5.74, 6) is 2.48. The number of rotatable bonds is 3. The minimum Gasteiger partial charge on any atom is -0.508 e. The zero-order valence-corrected chi connectivity index (χ0v) is 9.45. The zero-order chi connectivity index (χ0) is 12.2. The van der Waals surface area contributed by atoms with E-state index >= 15 is 0 Å². The predicted molar refractivity (Wildman–Crippen MR) is 62.9 cm³/mol. The highest BCUT2D eigenvalue weighted by Gasteiger charge is 2.16. The van der Waals surface area contributed by atoms with Gasteiger partial charge in [0.05, 0.1) is 12.0 Å². The molecular weight excluding hydrogens is 202 g/mol. The van der Waals surface area contributed by atoms with Crippen LogP contribution in [0.3, 0.4) is 0 Å². The lowest BCUT2D eigenvalue weighted by Crippen LogP contribution is -2.42. The van der Waals surface area contributed by atoms with Crippen LogP contribution in [0.4, 0.5) is 0 Å². The van der Waals surface area contributed by atoms with E-state index in [0.29, 0.717) is 0 Å². The molecule has 3 heteroatoms. The van der Waals surface area contributed by atoms with Crippen LogP contribution in [-0.2, 0) is 11.2 Å². The molecule has 0 unspecified atom stereocenters. The van der Waals surface area contributed by atoms with Crippen LogP contribution >= 0.6 is 0 Å². The molecule has 16 heavy (non-hydrogen) atoms. The van der Waals surface area contributed by atoms with Crippen LogP contribution in [0.25, 0.3) is 0 Å². The summed E-state index contributed by atoms with van der Waals surface area (Å²) in [6, 6.07) is 6.60. The van der Waals surface area contributed by atoms with E-state index in [2.05, 4.69) is 11.2 Å². The molecule has 1 amide bonds. The Labute approximate surface area is 95.5 Å². The molecule has 0 bridgehead atoms. The van der Waals surface area contributed by atoms with Crippen LogP contribution in [0.2, 0.25) is 0 Å². The molecule has 1 rings (SSSR count). The number of aromatic hydroxyl groups is 1. The first-order chi connectivity index (χ1) is 7.43. The molecule has 2 N–H and O–H groups in total. The van der Waals surface area contributed by atoms with Crippen molar-refractivity contribution < 1.29 is 9.90 Å². The molecule has 0 atom stereocenters. The molecule has 0 aliphatic rings. The lowest BCUT2D eigenvalue weighted by molar-refractivity contribution is -0.121. The first-order valence-corrected chi connectivity index (χ1v) is 4.99. The summed E-state index contributed by atoms with van der Waals surface area (Å²) < 4.78 is 0. The molecule has 84 valence electrons. The van der Waals surface area contributed by atoms with E-state index in [1.807, 2.05) is 0 Å². The third kappa shape index (κ3) is 3.66. The van der Waals surface area contributed by atoms with E-state index in [1.54, 1.807) is 38.1 Å². The van der Waals surface area contributed by atoms with Gasteiger partial charge in [-0.05, 0) is 31.5 Å². The second-order valence-electron chi connectivity index (χ2n) is 4.16. The fraction of sp³-hybridized carbons (Fsp3) is 0.308. The van der Waals surface area contributed by atoms with Gasteiger partial charge in [-0.25, -0.2) is 0 Å². The van der Waals surface area contributed by atoms with Gasteiger partial charge in [-0.15, -0.1) is 6.42 Å². The van der Waals surface area contributed by atoms with Crippen molar-refractivity contribution in [3.05, 3.63) is 29.8 Å². The van der Waals surface area contributed by atoms with E-state index in [4.69, 9.17) is 6.42 Å². The number of benzene rings is 1. The quantitative estimate of drug-likeness (QED) is 0.753. The van der Waals surface area contributed by atoms with Gasteiger partial charge in [0.15, 0.2) is 0 Å². The number of hydrogen-bond donors (Lipinski definition) is 2. The van der Waals surface area contributed by atoms with E-state index in [0.717, 1.165) is 5.56 Å². The molecule has 1 aromatic rings. The number of phenolic OH excluding ortho intramolecular Hbond substituents is 1. The van der Waals surface area contributed by atoms with E-state index in [1.165, 1.54) is 0 Å². The fourth-order valence-corrected chi connectivity index (χ4v) is 1.28. The number of carbonyl (C=O) groups excluding carboxylic acids is 1. The molecule has 0 heterocycles. The fourth-order valence-electron chi connectivity index (χ4n) is 1.28. The van der Waals surface area contributed by atoms with Crippen LogP contribution in [0.15, 0.2) is 24.3 Å². The highest BCUT2D eigenvalue weighted by Crippen LogP contribution is 2.11. The second-order valence-corrected chi connectivity index (χ2v) is 4.16. The second kappa shape index (κ2) is 4.71. The topological polar surface area (TPSA) is 49.3 Å². The Hall–Kier alpha value is -1.95. The van der Waals surface area contributed by atoms with Crippen molar-refractivity contribution in [2.45, 2.75) is 25.8 Å². The Kier molecular flexibility index (Phi) is 3.57. The maximum atomic E-state index is 11.6. The van der Waals surface area contributed by atoms with Crippen molar-refractivity contribution in [3.63, 3.8) is 0 Å². The molecule has 0 aromatic heterocycles. The lowest BCUT2D eigenvalue weighted by Gasteiger charge is -2.19. The van der Waals surface area contributed by atoms with Crippen LogP contribution < -0.4 is 5.32 Å². The van der Waals surface area contributed by atoms with Gasteiger partial charge in [0.25, 0.3) is 0 Å². The van der Waals surface area contributed by atoms with Crippen LogP contribution in [-0.4, -0.2) is 16.6 Å². The Bertz CT molecular complexity index is 430. The summed E-state index contributed by atoms with van der Waals surface area (Å²) in [5.41, 5.74) is 0.110. The minimum absolute atomic E-state index is 0.154. The largest absolute Gasteiger partial charge is 0.508 e. The molecule has 0 saturated heterocycles. The van der Waals surface area contributed by atoms with Crippen molar-refractivity contribution in [2.75, 3.05) is 0 Å². The zero-order valence-electron chi connectivity index (χ0n) is 9.45. The lowest BCUT2D eigenvalue weighted by atomic mass is 10.1. The average molecular weight is 217 g/mol. The van der Waals surface area contributed by atoms with Gasteiger partial charge >= 0.3 is 0 Å². The minimum atomic E-state index is -0.645. The molecular formula is C13H15NO2. The van der Waals surface area contributed by atoms with Crippen molar-refractivity contribution >= 4 is 5.91 Å². The Balaban J connectivity index is 2.63.